The lowest BCUT2D eigenvalue weighted by molar-refractivity contribution is -0.119. The van der Waals surface area contributed by atoms with E-state index in [1.165, 1.54) is 5.56 Å². The van der Waals surface area contributed by atoms with Crippen LogP contribution in [0, 0.1) is 24.2 Å². The molecule has 1 aromatic rings. The van der Waals surface area contributed by atoms with Crippen molar-refractivity contribution in [3.8, 4) is 0 Å². The molecule has 2 atom stereocenters. The molecule has 21 heavy (non-hydrogen) atoms. The van der Waals surface area contributed by atoms with Gasteiger partial charge in [-0.2, -0.15) is 0 Å². The van der Waals surface area contributed by atoms with Gasteiger partial charge in [0, 0.05) is 6.42 Å². The minimum Gasteiger partial charge on any atom is -0.295 e. The van der Waals surface area contributed by atoms with Gasteiger partial charge < -0.3 is 0 Å². The summed E-state index contributed by atoms with van der Waals surface area (Å²) in [5.74, 6) is 1.23. The van der Waals surface area contributed by atoms with Crippen LogP contribution in [0.2, 0.25) is 0 Å². The predicted octanol–water partition coefficient (Wildman–Crippen LogP) is 5.43. The highest BCUT2D eigenvalue weighted by Crippen LogP contribution is 2.44. The van der Waals surface area contributed by atoms with E-state index in [-0.39, 0.29) is 5.41 Å². The Labute approximate surface area is 129 Å². The second kappa shape index (κ2) is 6.17. The number of aryl methyl sites for hydroxylation is 1. The summed E-state index contributed by atoms with van der Waals surface area (Å²) in [7, 11) is 0. The molecule has 0 saturated heterocycles. The van der Waals surface area contributed by atoms with E-state index in [4.69, 9.17) is 0 Å². The second-order valence-corrected chi connectivity index (χ2v) is 7.37. The molecule has 1 heteroatoms. The fraction of sp³-hybridized carbons (Fsp3) is 0.550. The summed E-state index contributed by atoms with van der Waals surface area (Å²) < 4.78 is 0. The Kier molecular flexibility index (Phi) is 4.70. The molecule has 2 rings (SSSR count). The Morgan fingerprint density at radius 2 is 1.86 bits per heavy atom. The van der Waals surface area contributed by atoms with E-state index in [9.17, 15) is 4.79 Å². The van der Waals surface area contributed by atoms with E-state index in [0.29, 0.717) is 24.0 Å². The Bertz CT molecular complexity index is 533. The molecule has 0 bridgehead atoms. The van der Waals surface area contributed by atoms with E-state index >= 15 is 0 Å². The highest BCUT2D eigenvalue weighted by Gasteiger charge is 2.38. The summed E-state index contributed by atoms with van der Waals surface area (Å²) in [5.41, 5.74) is 3.63. The van der Waals surface area contributed by atoms with Gasteiger partial charge in [0.2, 0.25) is 0 Å². The van der Waals surface area contributed by atoms with Gasteiger partial charge in [-0.05, 0) is 47.8 Å². The Morgan fingerprint density at radius 1 is 1.24 bits per heavy atom. The number of hydrogen-bond acceptors (Lipinski definition) is 1. The van der Waals surface area contributed by atoms with Gasteiger partial charge in [0.05, 0.1) is 0 Å². The molecule has 1 fully saturated rings. The first kappa shape index (κ1) is 16.0. The quantitative estimate of drug-likeness (QED) is 0.676. The number of ketones is 1. The van der Waals surface area contributed by atoms with Gasteiger partial charge in [-0.15, -0.1) is 0 Å². The van der Waals surface area contributed by atoms with E-state index in [1.54, 1.807) is 0 Å². The molecule has 1 nitrogen and oxygen atoms in total. The average Bonchev–Trinajstić information content (AvgIpc) is 2.43. The van der Waals surface area contributed by atoms with Crippen LogP contribution < -0.4 is 0 Å². The van der Waals surface area contributed by atoms with Crippen LogP contribution in [-0.2, 0) is 4.79 Å². The summed E-state index contributed by atoms with van der Waals surface area (Å²) in [6, 6.07) is 8.46. The molecule has 1 aromatic carbocycles. The number of carbonyl (C=O) groups is 1. The zero-order valence-corrected chi connectivity index (χ0v) is 14.1. The van der Waals surface area contributed by atoms with Crippen LogP contribution in [0.5, 0.6) is 0 Å². The maximum atomic E-state index is 12.6. The van der Waals surface area contributed by atoms with Gasteiger partial charge in [-0.25, -0.2) is 0 Å². The summed E-state index contributed by atoms with van der Waals surface area (Å²) in [6.45, 7) is 11.1. The van der Waals surface area contributed by atoms with Gasteiger partial charge in [-0.3, -0.25) is 4.79 Å². The van der Waals surface area contributed by atoms with Crippen LogP contribution in [0.1, 0.15) is 58.1 Å². The van der Waals surface area contributed by atoms with Gasteiger partial charge in [0.1, 0.15) is 0 Å². The largest absolute Gasteiger partial charge is 0.295 e. The lowest BCUT2D eigenvalue weighted by Gasteiger charge is -2.40. The molecule has 0 N–H and O–H groups in total. The third-order valence-electron chi connectivity index (χ3n) is 5.12. The van der Waals surface area contributed by atoms with E-state index in [1.807, 2.05) is 0 Å². The van der Waals surface area contributed by atoms with Gasteiger partial charge in [-0.1, -0.05) is 63.9 Å². The highest BCUT2D eigenvalue weighted by molar-refractivity contribution is 6.01. The van der Waals surface area contributed by atoms with Gasteiger partial charge in [0.15, 0.2) is 5.78 Å². The zero-order valence-electron chi connectivity index (χ0n) is 14.1. The molecule has 0 radical (unpaired) electrons. The normalized spacial score (nSPS) is 25.4. The number of hydrogen-bond donors (Lipinski definition) is 0. The zero-order chi connectivity index (χ0) is 15.6. The Morgan fingerprint density at radius 3 is 2.43 bits per heavy atom. The number of rotatable bonds is 3. The van der Waals surface area contributed by atoms with Crippen molar-refractivity contribution in [2.24, 2.45) is 17.3 Å². The Hall–Kier alpha value is -1.37. The van der Waals surface area contributed by atoms with Crippen LogP contribution in [-0.4, -0.2) is 5.78 Å². The van der Waals surface area contributed by atoms with Crippen LogP contribution in [0.25, 0.3) is 6.08 Å². The molecule has 1 aliphatic carbocycles. The highest BCUT2D eigenvalue weighted by atomic mass is 16.1. The number of allylic oxidation sites excluding steroid dienone is 1. The summed E-state index contributed by atoms with van der Waals surface area (Å²) in [4.78, 5) is 12.6. The Balaban J connectivity index is 2.40. The topological polar surface area (TPSA) is 17.1 Å². The molecule has 114 valence electrons. The van der Waals surface area contributed by atoms with E-state index in [2.05, 4.69) is 65.0 Å². The van der Waals surface area contributed by atoms with Gasteiger partial charge >= 0.3 is 0 Å². The summed E-state index contributed by atoms with van der Waals surface area (Å²) in [6.07, 6.45) is 5.07. The van der Waals surface area contributed by atoms with Gasteiger partial charge in [0.25, 0.3) is 0 Å². The second-order valence-electron chi connectivity index (χ2n) is 7.37. The molecule has 1 aliphatic rings. The fourth-order valence-electron chi connectivity index (χ4n) is 3.25. The van der Waals surface area contributed by atoms with Crippen LogP contribution >= 0.6 is 0 Å². The van der Waals surface area contributed by atoms with Crippen molar-refractivity contribution >= 4 is 11.9 Å². The molecule has 0 aliphatic heterocycles. The summed E-state index contributed by atoms with van der Waals surface area (Å²) >= 11 is 0. The van der Waals surface area contributed by atoms with E-state index in [0.717, 1.165) is 24.0 Å². The molecule has 0 heterocycles. The molecule has 0 aromatic heterocycles. The van der Waals surface area contributed by atoms with Crippen molar-refractivity contribution in [1.29, 1.82) is 0 Å². The minimum atomic E-state index is 0.181. The first-order valence-electron chi connectivity index (χ1n) is 8.15. The molecule has 1 saturated carbocycles. The molecule has 0 spiro atoms. The van der Waals surface area contributed by atoms with Crippen molar-refractivity contribution in [2.45, 2.75) is 53.9 Å². The molecular formula is C20H28O. The van der Waals surface area contributed by atoms with E-state index < -0.39 is 0 Å². The smallest absolute Gasteiger partial charge is 0.159 e. The number of Topliss-reactive ketones (excluding diaryl/α,β-unsaturated/α-hetero) is 1. The first-order valence-corrected chi connectivity index (χ1v) is 8.15. The summed E-state index contributed by atoms with van der Waals surface area (Å²) in [5, 5.41) is 0. The molecule has 0 amide bonds. The fourth-order valence-corrected chi connectivity index (χ4v) is 3.25. The van der Waals surface area contributed by atoms with Crippen molar-refractivity contribution in [3.05, 3.63) is 41.0 Å². The van der Waals surface area contributed by atoms with Crippen molar-refractivity contribution in [1.82, 2.24) is 0 Å². The lowest BCUT2D eigenvalue weighted by atomic mass is 9.64. The minimum absolute atomic E-state index is 0.181. The molecule has 2 unspecified atom stereocenters. The molecular weight excluding hydrogens is 256 g/mol. The third-order valence-corrected chi connectivity index (χ3v) is 5.12. The lowest BCUT2D eigenvalue weighted by Crippen LogP contribution is -2.34. The van der Waals surface area contributed by atoms with Crippen LogP contribution in [0.15, 0.2) is 29.8 Å². The standard InChI is InChI=1S/C20H28O/c1-6-20(4,5)18-11-15(3)12-19(21)17(18)13-16-9-7-14(2)8-10-16/h7-10,13,15,18H,6,11-12H2,1-5H3/b17-13-. The monoisotopic (exact) mass is 284 g/mol. The number of benzene rings is 1. The van der Waals surface area contributed by atoms with Crippen molar-refractivity contribution < 1.29 is 4.79 Å². The third kappa shape index (κ3) is 3.64. The number of carbonyl (C=O) groups excluding carboxylic acids is 1. The van der Waals surface area contributed by atoms with Crippen molar-refractivity contribution in [2.75, 3.05) is 0 Å². The SMILES string of the molecule is CCC(C)(C)C1CC(C)CC(=O)/C1=C\c1ccc(C)cc1. The predicted molar refractivity (Wildman–Crippen MR) is 90.1 cm³/mol. The van der Waals surface area contributed by atoms with Crippen LogP contribution in [0.3, 0.4) is 0 Å². The van der Waals surface area contributed by atoms with Crippen molar-refractivity contribution in [3.63, 3.8) is 0 Å². The van der Waals surface area contributed by atoms with Crippen LogP contribution in [0.4, 0.5) is 0 Å². The average molecular weight is 284 g/mol. The maximum Gasteiger partial charge on any atom is 0.159 e. The first-order chi connectivity index (χ1) is 9.83. The maximum absolute atomic E-state index is 12.6.